The Bertz CT molecular complexity index is 747. The highest BCUT2D eigenvalue weighted by Gasteiger charge is 2.34. The third-order valence-electron chi connectivity index (χ3n) is 4.07. The third-order valence-corrected chi connectivity index (χ3v) is 4.07. The molecular weight excluding hydrogens is 278 g/mol. The number of fused-ring (bicyclic) bond motifs is 2. The Hall–Kier alpha value is -2.54. The monoisotopic (exact) mass is 303 g/mol. The molecule has 1 N–H and O–H groups in total. The standard InChI is InChI=1S/C18H17N.2C2H4/c1-2-4-8-16(7-3-1)19-18-9-5-6-13-10-14-11-15(14)12-17(13)18;2*1-2/h1,3-10,12,14-15,19H,2,11H2;2*1-2H2. The van der Waals surface area contributed by atoms with Crippen molar-refractivity contribution in [3.8, 4) is 0 Å². The van der Waals surface area contributed by atoms with Crippen molar-refractivity contribution in [3.63, 3.8) is 0 Å². The van der Waals surface area contributed by atoms with Crippen LogP contribution in [0.25, 0.3) is 12.2 Å². The fourth-order valence-corrected chi connectivity index (χ4v) is 2.91. The quantitative estimate of drug-likeness (QED) is 0.803. The van der Waals surface area contributed by atoms with Crippen molar-refractivity contribution in [1.29, 1.82) is 0 Å². The van der Waals surface area contributed by atoms with Crippen molar-refractivity contribution in [2.24, 2.45) is 11.8 Å². The number of allylic oxidation sites excluding steroid dienone is 5. The molecule has 1 aromatic rings. The summed E-state index contributed by atoms with van der Waals surface area (Å²) in [6, 6.07) is 6.54. The molecule has 1 fully saturated rings. The second-order valence-corrected chi connectivity index (χ2v) is 5.52. The van der Waals surface area contributed by atoms with Crippen molar-refractivity contribution >= 4 is 17.8 Å². The van der Waals surface area contributed by atoms with E-state index in [0.717, 1.165) is 24.0 Å². The van der Waals surface area contributed by atoms with Crippen LogP contribution in [0.1, 0.15) is 12.8 Å². The molecule has 0 heterocycles. The van der Waals surface area contributed by atoms with Gasteiger partial charge in [-0.05, 0) is 48.1 Å². The van der Waals surface area contributed by atoms with E-state index in [0.29, 0.717) is 0 Å². The van der Waals surface area contributed by atoms with Gasteiger partial charge in [-0.3, -0.25) is 0 Å². The van der Waals surface area contributed by atoms with E-state index in [1.165, 1.54) is 22.5 Å². The Balaban J connectivity index is 0.000000448. The van der Waals surface area contributed by atoms with Gasteiger partial charge < -0.3 is 5.32 Å². The van der Waals surface area contributed by atoms with E-state index in [2.05, 4.69) is 92.4 Å². The molecule has 0 spiro atoms. The number of anilines is 1. The average Bonchev–Trinajstić information content (AvgIpc) is 3.40. The molecule has 1 heteroatoms. The molecule has 0 saturated heterocycles. The first-order valence-corrected chi connectivity index (χ1v) is 8.03. The second kappa shape index (κ2) is 8.19. The highest BCUT2D eigenvalue weighted by atomic mass is 14.9. The topological polar surface area (TPSA) is 12.0 Å². The van der Waals surface area contributed by atoms with Crippen LogP contribution in [0, 0.1) is 11.8 Å². The van der Waals surface area contributed by atoms with Gasteiger partial charge in [0.05, 0.1) is 0 Å². The fourth-order valence-electron chi connectivity index (χ4n) is 2.91. The maximum atomic E-state index is 3.56. The Morgan fingerprint density at radius 3 is 2.57 bits per heavy atom. The first-order valence-electron chi connectivity index (χ1n) is 8.03. The van der Waals surface area contributed by atoms with Gasteiger partial charge in [-0.2, -0.15) is 0 Å². The minimum atomic E-state index is 0.786. The van der Waals surface area contributed by atoms with Crippen LogP contribution in [0.5, 0.6) is 0 Å². The highest BCUT2D eigenvalue weighted by Crippen LogP contribution is 2.42. The van der Waals surface area contributed by atoms with Gasteiger partial charge in [-0.25, -0.2) is 0 Å². The van der Waals surface area contributed by atoms with Crippen molar-refractivity contribution < 1.29 is 0 Å². The number of benzene rings is 1. The van der Waals surface area contributed by atoms with Crippen molar-refractivity contribution in [1.82, 2.24) is 0 Å². The zero-order valence-electron chi connectivity index (χ0n) is 13.7. The van der Waals surface area contributed by atoms with Crippen LogP contribution < -0.4 is 15.8 Å². The molecule has 2 unspecified atom stereocenters. The normalized spacial score (nSPS) is 22.0. The molecule has 4 rings (SSSR count). The molecule has 1 saturated carbocycles. The SMILES string of the molecule is C1=CCC=CC(Nc2cccc3c2=CC2CC2C=3)=C1.C=C.C=C. The van der Waals surface area contributed by atoms with E-state index < -0.39 is 0 Å². The predicted octanol–water partition coefficient (Wildman–Crippen LogP) is 4.31. The molecule has 118 valence electrons. The maximum Gasteiger partial charge on any atom is 0.0460 e. The number of hydrogen-bond acceptors (Lipinski definition) is 1. The minimum Gasteiger partial charge on any atom is -0.355 e. The van der Waals surface area contributed by atoms with Crippen LogP contribution >= 0.6 is 0 Å². The lowest BCUT2D eigenvalue weighted by Gasteiger charge is -2.10. The molecule has 2 atom stereocenters. The molecule has 23 heavy (non-hydrogen) atoms. The van der Waals surface area contributed by atoms with Gasteiger partial charge in [0.25, 0.3) is 0 Å². The molecule has 0 radical (unpaired) electrons. The third kappa shape index (κ3) is 4.01. The summed E-state index contributed by atoms with van der Waals surface area (Å²) in [4.78, 5) is 0. The van der Waals surface area contributed by atoms with Crippen LogP contribution in [0.4, 0.5) is 5.69 Å². The Labute approximate surface area is 139 Å². The Morgan fingerprint density at radius 1 is 0.957 bits per heavy atom. The Morgan fingerprint density at radius 2 is 1.74 bits per heavy atom. The van der Waals surface area contributed by atoms with Crippen LogP contribution in [-0.2, 0) is 0 Å². The first kappa shape index (κ1) is 16.8. The van der Waals surface area contributed by atoms with Crippen molar-refractivity contribution in [2.75, 3.05) is 5.32 Å². The molecule has 0 aliphatic heterocycles. The number of rotatable bonds is 2. The van der Waals surface area contributed by atoms with Crippen LogP contribution in [-0.4, -0.2) is 0 Å². The van der Waals surface area contributed by atoms with E-state index in [-0.39, 0.29) is 0 Å². The molecule has 0 bridgehead atoms. The lowest BCUT2D eigenvalue weighted by Crippen LogP contribution is -2.30. The van der Waals surface area contributed by atoms with E-state index in [9.17, 15) is 0 Å². The molecule has 3 aliphatic rings. The van der Waals surface area contributed by atoms with E-state index in [1.807, 2.05) is 0 Å². The average molecular weight is 303 g/mol. The van der Waals surface area contributed by atoms with Gasteiger partial charge >= 0.3 is 0 Å². The summed E-state index contributed by atoms with van der Waals surface area (Å²) in [5.41, 5.74) is 2.39. The second-order valence-electron chi connectivity index (χ2n) is 5.52. The summed E-state index contributed by atoms with van der Waals surface area (Å²) >= 11 is 0. The van der Waals surface area contributed by atoms with Gasteiger partial charge in [0.2, 0.25) is 0 Å². The fraction of sp³-hybridized carbons (Fsp3) is 0.182. The van der Waals surface area contributed by atoms with Gasteiger partial charge in [0.1, 0.15) is 0 Å². The zero-order chi connectivity index (χ0) is 16.7. The van der Waals surface area contributed by atoms with Crippen LogP contribution in [0.3, 0.4) is 0 Å². The largest absolute Gasteiger partial charge is 0.355 e. The molecule has 1 aromatic carbocycles. The van der Waals surface area contributed by atoms with Crippen molar-refractivity contribution in [2.45, 2.75) is 12.8 Å². The summed E-state index contributed by atoms with van der Waals surface area (Å²) < 4.78 is 0. The van der Waals surface area contributed by atoms with Crippen molar-refractivity contribution in [3.05, 3.63) is 91.0 Å². The lowest BCUT2D eigenvalue weighted by molar-refractivity contribution is 1.06. The van der Waals surface area contributed by atoms with Crippen LogP contribution in [0.2, 0.25) is 0 Å². The summed E-state index contributed by atoms with van der Waals surface area (Å²) in [7, 11) is 0. The van der Waals surface area contributed by atoms with E-state index in [1.54, 1.807) is 0 Å². The molecular formula is C22H25N. The number of hydrogen-bond donors (Lipinski definition) is 1. The minimum absolute atomic E-state index is 0.786. The Kier molecular flexibility index (Phi) is 5.99. The molecule has 0 aromatic heterocycles. The maximum absolute atomic E-state index is 3.56. The van der Waals surface area contributed by atoms with Gasteiger partial charge in [-0.15, -0.1) is 26.3 Å². The lowest BCUT2D eigenvalue weighted by atomic mass is 10.1. The predicted molar refractivity (Wildman–Crippen MR) is 103 cm³/mol. The summed E-state index contributed by atoms with van der Waals surface area (Å²) in [5.74, 6) is 1.59. The smallest absolute Gasteiger partial charge is 0.0460 e. The first-order chi connectivity index (χ1) is 11.4. The van der Waals surface area contributed by atoms with Gasteiger partial charge in [0, 0.05) is 16.6 Å². The van der Waals surface area contributed by atoms with Crippen LogP contribution in [0.15, 0.2) is 80.6 Å². The summed E-state index contributed by atoms with van der Waals surface area (Å²) in [6.45, 7) is 12.0. The molecule has 3 aliphatic carbocycles. The molecule has 0 amide bonds. The summed E-state index contributed by atoms with van der Waals surface area (Å²) in [6.07, 6.45) is 18.0. The van der Waals surface area contributed by atoms with E-state index >= 15 is 0 Å². The van der Waals surface area contributed by atoms with E-state index in [4.69, 9.17) is 0 Å². The van der Waals surface area contributed by atoms with Gasteiger partial charge in [-0.1, -0.05) is 42.5 Å². The van der Waals surface area contributed by atoms with Gasteiger partial charge in [0.15, 0.2) is 0 Å². The zero-order valence-corrected chi connectivity index (χ0v) is 13.7. The number of nitrogens with one attached hydrogen (secondary N) is 1. The summed E-state index contributed by atoms with van der Waals surface area (Å²) in [5, 5.41) is 6.32. The highest BCUT2D eigenvalue weighted by molar-refractivity contribution is 5.61. The molecule has 1 nitrogen and oxygen atoms in total.